The van der Waals surface area contributed by atoms with E-state index in [9.17, 15) is 0 Å². The Morgan fingerprint density at radius 3 is 2.08 bits per heavy atom. The van der Waals surface area contributed by atoms with Crippen LogP contribution in [0.2, 0.25) is 0 Å². The molecule has 0 amide bonds. The minimum Gasteiger partial charge on any atom is -0.0782 e. The van der Waals surface area contributed by atoms with Crippen LogP contribution in [0.3, 0.4) is 0 Å². The fraction of sp³-hybridized carbons (Fsp3) is 0.667. The highest BCUT2D eigenvalue weighted by Gasteiger charge is 2.09. The molecule has 0 nitrogen and oxygen atoms in total. The molecule has 0 bridgehead atoms. The third-order valence-corrected chi connectivity index (χ3v) is 2.39. The zero-order chi connectivity index (χ0) is 9.72. The maximum Gasteiger partial charge on any atom is -0.0219 e. The molecule has 0 saturated heterocycles. The Hall–Kier alpha value is -0.520. The molecule has 0 radical (unpaired) electrons. The van der Waals surface area contributed by atoms with Crippen LogP contribution in [0, 0.1) is 5.92 Å². The van der Waals surface area contributed by atoms with Gasteiger partial charge in [0, 0.05) is 0 Å². The predicted octanol–water partition coefficient (Wildman–Crippen LogP) is 4.34. The molecular formula is C12H22. The highest BCUT2D eigenvalue weighted by molar-refractivity contribution is 5.35. The molecule has 0 aromatic heterocycles. The van der Waals surface area contributed by atoms with Crippen LogP contribution in [0.25, 0.3) is 0 Å². The normalized spacial score (nSPS) is 22.8. The standard InChI is InChI=1S/C10H16.C2H6/c1-7-5-8(2)10(4)9(3)6-7;1-2/h5,7H,6H2,1-4H3;1-2H3. The van der Waals surface area contributed by atoms with E-state index in [-0.39, 0.29) is 0 Å². The van der Waals surface area contributed by atoms with Gasteiger partial charge in [-0.2, -0.15) is 0 Å². The van der Waals surface area contributed by atoms with Crippen molar-refractivity contribution in [1.29, 1.82) is 0 Å². The first-order valence-electron chi connectivity index (χ1n) is 4.96. The Morgan fingerprint density at radius 1 is 1.17 bits per heavy atom. The zero-order valence-corrected chi connectivity index (χ0v) is 9.36. The van der Waals surface area contributed by atoms with Crippen LogP contribution in [-0.2, 0) is 0 Å². The van der Waals surface area contributed by atoms with Gasteiger partial charge in [-0.15, -0.1) is 0 Å². The summed E-state index contributed by atoms with van der Waals surface area (Å²) in [5.74, 6) is 0.753. The summed E-state index contributed by atoms with van der Waals surface area (Å²) in [6.45, 7) is 12.9. The summed E-state index contributed by atoms with van der Waals surface area (Å²) in [5.41, 5.74) is 4.53. The van der Waals surface area contributed by atoms with Crippen LogP contribution in [0.4, 0.5) is 0 Å². The molecule has 0 spiro atoms. The minimum absolute atomic E-state index is 0.753. The third kappa shape index (κ3) is 2.84. The molecule has 0 N–H and O–H groups in total. The van der Waals surface area contributed by atoms with E-state index in [0.717, 1.165) is 5.92 Å². The number of hydrogen-bond donors (Lipinski definition) is 0. The Kier molecular flexibility index (Phi) is 4.96. The van der Waals surface area contributed by atoms with Gasteiger partial charge in [-0.05, 0) is 38.7 Å². The molecule has 0 aliphatic heterocycles. The van der Waals surface area contributed by atoms with E-state index in [1.807, 2.05) is 13.8 Å². The van der Waals surface area contributed by atoms with Crippen LogP contribution < -0.4 is 0 Å². The van der Waals surface area contributed by atoms with Gasteiger partial charge in [-0.3, -0.25) is 0 Å². The zero-order valence-electron chi connectivity index (χ0n) is 9.36. The predicted molar refractivity (Wildman–Crippen MR) is 57.3 cm³/mol. The fourth-order valence-electron chi connectivity index (χ4n) is 1.58. The van der Waals surface area contributed by atoms with Gasteiger partial charge in [0.1, 0.15) is 0 Å². The molecule has 1 aliphatic carbocycles. The SMILES string of the molecule is CC.CC1=CC(C)CC(C)=C1C. The van der Waals surface area contributed by atoms with E-state index in [0.29, 0.717) is 0 Å². The van der Waals surface area contributed by atoms with Crippen molar-refractivity contribution in [3.8, 4) is 0 Å². The van der Waals surface area contributed by atoms with E-state index < -0.39 is 0 Å². The first-order valence-corrected chi connectivity index (χ1v) is 4.96. The second-order valence-electron chi connectivity index (χ2n) is 3.44. The second kappa shape index (κ2) is 5.18. The van der Waals surface area contributed by atoms with E-state index in [1.54, 1.807) is 5.57 Å². The first kappa shape index (κ1) is 11.5. The molecule has 70 valence electrons. The molecule has 1 rings (SSSR count). The Morgan fingerprint density at radius 2 is 1.67 bits per heavy atom. The lowest BCUT2D eigenvalue weighted by atomic mass is 9.88. The van der Waals surface area contributed by atoms with Crippen LogP contribution >= 0.6 is 0 Å². The van der Waals surface area contributed by atoms with Crippen LogP contribution in [0.5, 0.6) is 0 Å². The quantitative estimate of drug-likeness (QED) is 0.502. The van der Waals surface area contributed by atoms with Crippen molar-refractivity contribution in [1.82, 2.24) is 0 Å². The molecule has 0 fully saturated rings. The Balaban J connectivity index is 0.000000561. The van der Waals surface area contributed by atoms with Crippen molar-refractivity contribution in [2.75, 3.05) is 0 Å². The molecule has 1 atom stereocenters. The molecule has 0 aromatic rings. The summed E-state index contributed by atoms with van der Waals surface area (Å²) >= 11 is 0. The summed E-state index contributed by atoms with van der Waals surface area (Å²) in [7, 11) is 0. The highest BCUT2D eigenvalue weighted by atomic mass is 14.2. The van der Waals surface area contributed by atoms with Crippen molar-refractivity contribution < 1.29 is 0 Å². The van der Waals surface area contributed by atoms with Gasteiger partial charge in [-0.25, -0.2) is 0 Å². The summed E-state index contributed by atoms with van der Waals surface area (Å²) in [6.07, 6.45) is 3.62. The molecule has 0 aromatic carbocycles. The van der Waals surface area contributed by atoms with Gasteiger partial charge in [0.05, 0.1) is 0 Å². The van der Waals surface area contributed by atoms with Crippen molar-refractivity contribution >= 4 is 0 Å². The van der Waals surface area contributed by atoms with E-state index >= 15 is 0 Å². The monoisotopic (exact) mass is 166 g/mol. The maximum atomic E-state index is 2.36. The molecule has 0 heterocycles. The molecular weight excluding hydrogens is 144 g/mol. The Labute approximate surface area is 77.4 Å². The van der Waals surface area contributed by atoms with Gasteiger partial charge in [0.25, 0.3) is 0 Å². The largest absolute Gasteiger partial charge is 0.0782 e. The number of allylic oxidation sites excluding steroid dienone is 4. The van der Waals surface area contributed by atoms with Crippen molar-refractivity contribution in [2.45, 2.75) is 48.0 Å². The average molecular weight is 166 g/mol. The number of rotatable bonds is 0. The van der Waals surface area contributed by atoms with Crippen molar-refractivity contribution in [3.63, 3.8) is 0 Å². The minimum atomic E-state index is 0.753. The third-order valence-electron chi connectivity index (χ3n) is 2.39. The second-order valence-corrected chi connectivity index (χ2v) is 3.44. The molecule has 1 unspecified atom stereocenters. The van der Waals surface area contributed by atoms with Crippen molar-refractivity contribution in [2.24, 2.45) is 5.92 Å². The summed E-state index contributed by atoms with van der Waals surface area (Å²) < 4.78 is 0. The van der Waals surface area contributed by atoms with Gasteiger partial charge >= 0.3 is 0 Å². The van der Waals surface area contributed by atoms with Crippen LogP contribution in [0.15, 0.2) is 22.8 Å². The summed E-state index contributed by atoms with van der Waals surface area (Å²) in [5, 5.41) is 0. The summed E-state index contributed by atoms with van der Waals surface area (Å²) in [4.78, 5) is 0. The van der Waals surface area contributed by atoms with Gasteiger partial charge in [-0.1, -0.05) is 38.0 Å². The molecule has 12 heavy (non-hydrogen) atoms. The van der Waals surface area contributed by atoms with E-state index in [1.165, 1.54) is 17.6 Å². The topological polar surface area (TPSA) is 0 Å². The lowest BCUT2D eigenvalue weighted by molar-refractivity contribution is 0.691. The molecule has 1 aliphatic rings. The van der Waals surface area contributed by atoms with E-state index in [2.05, 4.69) is 33.8 Å². The average Bonchev–Trinajstić information content (AvgIpc) is 2.04. The smallest absolute Gasteiger partial charge is 0.0219 e. The van der Waals surface area contributed by atoms with Gasteiger partial charge < -0.3 is 0 Å². The van der Waals surface area contributed by atoms with E-state index in [4.69, 9.17) is 0 Å². The van der Waals surface area contributed by atoms with Crippen molar-refractivity contribution in [3.05, 3.63) is 22.8 Å². The van der Waals surface area contributed by atoms with Gasteiger partial charge in [0.15, 0.2) is 0 Å². The van der Waals surface area contributed by atoms with Crippen LogP contribution in [0.1, 0.15) is 48.0 Å². The summed E-state index contributed by atoms with van der Waals surface area (Å²) in [6, 6.07) is 0. The van der Waals surface area contributed by atoms with Gasteiger partial charge in [0.2, 0.25) is 0 Å². The Bertz CT molecular complexity index is 194. The molecule has 0 saturated carbocycles. The lowest BCUT2D eigenvalue weighted by Gasteiger charge is -2.18. The van der Waals surface area contributed by atoms with Crippen LogP contribution in [-0.4, -0.2) is 0 Å². The maximum absolute atomic E-state index is 2.36. The molecule has 0 heteroatoms. The lowest BCUT2D eigenvalue weighted by Crippen LogP contribution is -2.01. The number of hydrogen-bond acceptors (Lipinski definition) is 0. The first-order chi connectivity index (χ1) is 5.61. The highest BCUT2D eigenvalue weighted by Crippen LogP contribution is 2.27. The fourth-order valence-corrected chi connectivity index (χ4v) is 1.58.